The zero-order valence-corrected chi connectivity index (χ0v) is 29.0. The van der Waals surface area contributed by atoms with E-state index in [9.17, 15) is 0 Å². The molecule has 0 unspecified atom stereocenters. The number of fused-ring (bicyclic) bond motifs is 2. The SMILES string of the molecule is C=Cc1ccc(-c2ccc3c4cc(C(C)(C)C)cc5cc(C(C)(C)C)cc(c6cccc2c63)c54)c(-c2ccc(C(C)(C)C)cc2)c1. The zero-order valence-electron chi connectivity index (χ0n) is 29.0. The number of hydrogen-bond acceptors (Lipinski definition) is 0. The van der Waals surface area contributed by atoms with Gasteiger partial charge in [-0.1, -0.05) is 154 Å². The molecule has 0 N–H and O–H groups in total. The highest BCUT2D eigenvalue weighted by Gasteiger charge is 2.23. The van der Waals surface area contributed by atoms with Crippen molar-refractivity contribution in [3.05, 3.63) is 126 Å². The first-order valence-corrected chi connectivity index (χ1v) is 16.7. The van der Waals surface area contributed by atoms with Crippen LogP contribution in [-0.4, -0.2) is 0 Å². The van der Waals surface area contributed by atoms with Gasteiger partial charge in [-0.15, -0.1) is 0 Å². The van der Waals surface area contributed by atoms with Gasteiger partial charge in [0.2, 0.25) is 0 Å². The second kappa shape index (κ2) is 10.3. The monoisotopic (exact) mass is 598 g/mol. The van der Waals surface area contributed by atoms with Gasteiger partial charge in [-0.25, -0.2) is 0 Å². The molecule has 0 aromatic heterocycles. The van der Waals surface area contributed by atoms with Gasteiger partial charge in [0.25, 0.3) is 0 Å². The summed E-state index contributed by atoms with van der Waals surface area (Å²) in [6.07, 6.45) is 1.95. The van der Waals surface area contributed by atoms with E-state index in [0.29, 0.717) is 0 Å². The van der Waals surface area contributed by atoms with Gasteiger partial charge in [-0.05, 0) is 122 Å². The number of benzene rings is 7. The predicted molar refractivity (Wildman–Crippen MR) is 205 cm³/mol. The maximum Gasteiger partial charge on any atom is -0.00201 e. The summed E-state index contributed by atoms with van der Waals surface area (Å²) in [5.74, 6) is 0. The molecule has 0 bridgehead atoms. The Labute approximate surface area is 275 Å². The molecule has 0 aliphatic carbocycles. The fourth-order valence-corrected chi connectivity index (χ4v) is 7.21. The van der Waals surface area contributed by atoms with E-state index in [4.69, 9.17) is 0 Å². The van der Waals surface area contributed by atoms with E-state index in [1.807, 2.05) is 6.08 Å². The first kappa shape index (κ1) is 30.2. The summed E-state index contributed by atoms with van der Waals surface area (Å²) < 4.78 is 0. The first-order chi connectivity index (χ1) is 21.6. The normalized spacial score (nSPS) is 13.0. The molecule has 230 valence electrons. The molecule has 0 heteroatoms. The van der Waals surface area contributed by atoms with Crippen LogP contribution in [0.5, 0.6) is 0 Å². The molecule has 0 saturated carbocycles. The predicted octanol–water partition coefficient (Wildman–Crippen LogP) is 13.6. The summed E-state index contributed by atoms with van der Waals surface area (Å²) in [5, 5.41) is 10.8. The van der Waals surface area contributed by atoms with E-state index in [1.54, 1.807) is 0 Å². The second-order valence-electron chi connectivity index (χ2n) is 16.4. The van der Waals surface area contributed by atoms with Crippen molar-refractivity contribution in [2.24, 2.45) is 0 Å². The molecule has 7 aromatic carbocycles. The lowest BCUT2D eigenvalue weighted by atomic mass is 9.78. The maximum absolute atomic E-state index is 4.09. The third kappa shape index (κ3) is 4.91. The highest BCUT2D eigenvalue weighted by atomic mass is 14.3. The minimum absolute atomic E-state index is 0.0446. The molecular formula is C46H46. The van der Waals surface area contributed by atoms with Gasteiger partial charge >= 0.3 is 0 Å². The van der Waals surface area contributed by atoms with Crippen LogP contribution >= 0.6 is 0 Å². The fraction of sp³-hybridized carbons (Fsp3) is 0.261. The van der Waals surface area contributed by atoms with E-state index in [2.05, 4.69) is 166 Å². The van der Waals surface area contributed by atoms with Crippen molar-refractivity contribution in [1.29, 1.82) is 0 Å². The Balaban J connectivity index is 1.58. The molecule has 7 rings (SSSR count). The summed E-state index contributed by atoms with van der Waals surface area (Å²) >= 11 is 0. The molecular weight excluding hydrogens is 553 g/mol. The van der Waals surface area contributed by atoms with Crippen LogP contribution in [0.3, 0.4) is 0 Å². The van der Waals surface area contributed by atoms with Crippen molar-refractivity contribution in [3.63, 3.8) is 0 Å². The largest absolute Gasteiger partial charge is 0.0985 e. The van der Waals surface area contributed by atoms with E-state index < -0.39 is 0 Å². The third-order valence-electron chi connectivity index (χ3n) is 10.0. The van der Waals surface area contributed by atoms with Crippen molar-refractivity contribution in [1.82, 2.24) is 0 Å². The quantitative estimate of drug-likeness (QED) is 0.140. The van der Waals surface area contributed by atoms with Gasteiger partial charge in [0, 0.05) is 0 Å². The maximum atomic E-state index is 4.09. The highest BCUT2D eigenvalue weighted by molar-refractivity contribution is 6.34. The van der Waals surface area contributed by atoms with Crippen molar-refractivity contribution < 1.29 is 0 Å². The minimum Gasteiger partial charge on any atom is -0.0985 e. The average Bonchev–Trinajstić information content (AvgIpc) is 3.01. The molecule has 0 nitrogen and oxygen atoms in total. The van der Waals surface area contributed by atoms with Crippen molar-refractivity contribution in [2.75, 3.05) is 0 Å². The van der Waals surface area contributed by atoms with Crippen LogP contribution in [0.25, 0.3) is 71.4 Å². The molecule has 0 aliphatic heterocycles. The molecule has 0 aliphatic rings. The fourth-order valence-electron chi connectivity index (χ4n) is 7.21. The summed E-state index contributed by atoms with van der Waals surface area (Å²) in [7, 11) is 0. The van der Waals surface area contributed by atoms with Gasteiger partial charge in [-0.3, -0.25) is 0 Å². The molecule has 0 atom stereocenters. The molecule has 0 fully saturated rings. The summed E-state index contributed by atoms with van der Waals surface area (Å²) in [5.41, 5.74) is 10.4. The lowest BCUT2D eigenvalue weighted by molar-refractivity contribution is 0.590. The lowest BCUT2D eigenvalue weighted by Gasteiger charge is -2.25. The number of hydrogen-bond donors (Lipinski definition) is 0. The number of rotatable bonds is 3. The van der Waals surface area contributed by atoms with Crippen LogP contribution in [0, 0.1) is 0 Å². The van der Waals surface area contributed by atoms with E-state index in [0.717, 1.165) is 5.56 Å². The smallest absolute Gasteiger partial charge is 0.00201 e. The van der Waals surface area contributed by atoms with E-state index in [-0.39, 0.29) is 16.2 Å². The van der Waals surface area contributed by atoms with E-state index in [1.165, 1.54) is 82.0 Å². The zero-order chi connectivity index (χ0) is 32.8. The average molecular weight is 599 g/mol. The molecule has 46 heavy (non-hydrogen) atoms. The summed E-state index contributed by atoms with van der Waals surface area (Å²) in [4.78, 5) is 0. The van der Waals surface area contributed by atoms with Gasteiger partial charge in [0.15, 0.2) is 0 Å². The first-order valence-electron chi connectivity index (χ1n) is 16.7. The Morgan fingerprint density at radius 1 is 0.435 bits per heavy atom. The molecule has 0 heterocycles. The van der Waals surface area contributed by atoms with Gasteiger partial charge in [0.05, 0.1) is 0 Å². The van der Waals surface area contributed by atoms with E-state index >= 15 is 0 Å². The van der Waals surface area contributed by atoms with Crippen molar-refractivity contribution in [3.8, 4) is 22.3 Å². The molecule has 0 amide bonds. The van der Waals surface area contributed by atoms with Gasteiger partial charge < -0.3 is 0 Å². The Morgan fingerprint density at radius 3 is 1.54 bits per heavy atom. The van der Waals surface area contributed by atoms with Crippen LogP contribution in [-0.2, 0) is 16.2 Å². The van der Waals surface area contributed by atoms with Crippen LogP contribution < -0.4 is 0 Å². The highest BCUT2D eigenvalue weighted by Crippen LogP contribution is 2.47. The van der Waals surface area contributed by atoms with Crippen LogP contribution in [0.15, 0.2) is 104 Å². The lowest BCUT2D eigenvalue weighted by Crippen LogP contribution is -2.12. The standard InChI is InChI=1S/C46H46/c1-11-28-15-20-35(39(23-28)29-16-18-31(19-17-29)44(2,3)4)34-21-22-38-41-27-33(46(8,9)10)25-30-24-32(45(5,6)7)26-40(42(30)41)37-14-12-13-36(34)43(37)38/h11-27H,1H2,2-10H3. The topological polar surface area (TPSA) is 0 Å². The Bertz CT molecular complexity index is 2220. The Morgan fingerprint density at radius 2 is 0.978 bits per heavy atom. The van der Waals surface area contributed by atoms with Crippen molar-refractivity contribution in [2.45, 2.75) is 78.6 Å². The summed E-state index contributed by atoms with van der Waals surface area (Å²) in [6, 6.07) is 37.4. The van der Waals surface area contributed by atoms with Crippen LogP contribution in [0.1, 0.15) is 84.6 Å². The van der Waals surface area contributed by atoms with Crippen LogP contribution in [0.4, 0.5) is 0 Å². The Kier molecular flexibility index (Phi) is 6.77. The molecule has 0 radical (unpaired) electrons. The summed E-state index contributed by atoms with van der Waals surface area (Å²) in [6.45, 7) is 24.9. The molecule has 7 aromatic rings. The van der Waals surface area contributed by atoms with Gasteiger partial charge in [-0.2, -0.15) is 0 Å². The third-order valence-corrected chi connectivity index (χ3v) is 10.0. The minimum atomic E-state index is 0.0446. The molecule has 0 spiro atoms. The van der Waals surface area contributed by atoms with Crippen molar-refractivity contribution >= 4 is 49.2 Å². The molecule has 0 saturated heterocycles. The second-order valence-corrected chi connectivity index (χ2v) is 16.4. The van der Waals surface area contributed by atoms with Gasteiger partial charge in [0.1, 0.15) is 0 Å². The Hall–Kier alpha value is -4.42. The van der Waals surface area contributed by atoms with Crippen LogP contribution in [0.2, 0.25) is 0 Å².